The van der Waals surface area contributed by atoms with Gasteiger partial charge in [-0.2, -0.15) is 0 Å². The third kappa shape index (κ3) is 3.39. The van der Waals surface area contributed by atoms with E-state index in [0.29, 0.717) is 31.1 Å². The van der Waals surface area contributed by atoms with Crippen molar-refractivity contribution in [2.45, 2.75) is 38.8 Å². The van der Waals surface area contributed by atoms with Crippen molar-refractivity contribution in [2.75, 3.05) is 20.2 Å². The third-order valence-corrected chi connectivity index (χ3v) is 5.70. The first-order chi connectivity index (χ1) is 13.5. The lowest BCUT2D eigenvalue weighted by molar-refractivity contribution is 0.130. The van der Waals surface area contributed by atoms with E-state index < -0.39 is 0 Å². The van der Waals surface area contributed by atoms with E-state index in [-0.39, 0.29) is 23.6 Å². The number of piperidine rings is 1. The monoisotopic (exact) mass is 381 g/mol. The largest absolute Gasteiger partial charge is 0.497 e. The fourth-order valence-electron chi connectivity index (χ4n) is 4.44. The number of hydrogen-bond donors (Lipinski definition) is 1. The molecule has 2 aliphatic rings. The van der Waals surface area contributed by atoms with Crippen LogP contribution in [0.25, 0.3) is 11.1 Å². The van der Waals surface area contributed by atoms with Gasteiger partial charge < -0.3 is 19.5 Å². The summed E-state index contributed by atoms with van der Waals surface area (Å²) in [6, 6.07) is 11.7. The molecule has 1 aromatic carbocycles. The van der Waals surface area contributed by atoms with E-state index in [1.807, 2.05) is 53.6 Å². The van der Waals surface area contributed by atoms with Gasteiger partial charge in [-0.3, -0.25) is 4.79 Å². The minimum Gasteiger partial charge on any atom is -0.497 e. The second kappa shape index (κ2) is 7.34. The van der Waals surface area contributed by atoms with Gasteiger partial charge in [-0.25, -0.2) is 4.79 Å². The normalized spacial score (nSPS) is 20.6. The number of nitrogens with zero attached hydrogens (tertiary/aromatic N) is 2. The quantitative estimate of drug-likeness (QED) is 0.889. The molecule has 2 bridgehead atoms. The molecule has 4 rings (SSSR count). The Morgan fingerprint density at radius 2 is 1.86 bits per heavy atom. The van der Waals surface area contributed by atoms with Crippen molar-refractivity contribution in [1.82, 2.24) is 14.8 Å². The number of aromatic nitrogens is 1. The van der Waals surface area contributed by atoms with Gasteiger partial charge in [0.25, 0.3) is 5.56 Å². The molecule has 6 heteroatoms. The highest BCUT2D eigenvalue weighted by Crippen LogP contribution is 2.35. The molecule has 1 fully saturated rings. The Bertz CT molecular complexity index is 933. The van der Waals surface area contributed by atoms with Crippen LogP contribution in [0.15, 0.2) is 41.2 Å². The second-order valence-electron chi connectivity index (χ2n) is 8.12. The summed E-state index contributed by atoms with van der Waals surface area (Å²) in [6.45, 7) is 5.97. The molecule has 0 spiro atoms. The molecule has 2 atom stereocenters. The van der Waals surface area contributed by atoms with Crippen molar-refractivity contribution in [2.24, 2.45) is 5.92 Å². The molecule has 148 valence electrons. The fraction of sp³-hybridized carbons (Fsp3) is 0.455. The second-order valence-corrected chi connectivity index (χ2v) is 8.12. The average Bonchev–Trinajstić information content (AvgIpc) is 2.68. The molecule has 0 saturated carbocycles. The van der Waals surface area contributed by atoms with Gasteiger partial charge in [-0.1, -0.05) is 12.1 Å². The van der Waals surface area contributed by atoms with Crippen LogP contribution in [0.5, 0.6) is 5.75 Å². The highest BCUT2D eigenvalue weighted by atomic mass is 16.5. The Labute approximate surface area is 165 Å². The van der Waals surface area contributed by atoms with E-state index in [9.17, 15) is 9.59 Å². The van der Waals surface area contributed by atoms with Crippen LogP contribution in [-0.2, 0) is 6.54 Å². The lowest BCUT2D eigenvalue weighted by Crippen LogP contribution is -2.52. The zero-order chi connectivity index (χ0) is 19.8. The molecule has 2 aliphatic heterocycles. The number of ether oxygens (including phenoxy) is 1. The van der Waals surface area contributed by atoms with Crippen LogP contribution in [-0.4, -0.2) is 41.7 Å². The number of methoxy groups -OCH3 is 1. The number of benzene rings is 1. The smallest absolute Gasteiger partial charge is 0.317 e. The molecular formula is C22H27N3O3. The first-order valence-corrected chi connectivity index (χ1v) is 9.90. The number of carbonyl (C=O) groups is 1. The van der Waals surface area contributed by atoms with Gasteiger partial charge in [-0.05, 0) is 56.0 Å². The SMILES string of the molecule is COc1ccc(-c2ccc3n(c2=O)C[C@@H]2C[C@@H]3CN(C(=O)NC(C)C)C2)cc1. The lowest BCUT2D eigenvalue weighted by Gasteiger charge is -2.43. The van der Waals surface area contributed by atoms with E-state index in [2.05, 4.69) is 11.4 Å². The third-order valence-electron chi connectivity index (χ3n) is 5.70. The summed E-state index contributed by atoms with van der Waals surface area (Å²) in [5.41, 5.74) is 2.70. The minimum atomic E-state index is -0.00431. The van der Waals surface area contributed by atoms with Crippen LogP contribution >= 0.6 is 0 Å². The predicted molar refractivity (Wildman–Crippen MR) is 109 cm³/mol. The van der Waals surface area contributed by atoms with Gasteiger partial charge >= 0.3 is 6.03 Å². The minimum absolute atomic E-state index is 0.00431. The Hall–Kier alpha value is -2.76. The maximum absolute atomic E-state index is 13.2. The van der Waals surface area contributed by atoms with Crippen LogP contribution < -0.4 is 15.6 Å². The highest BCUT2D eigenvalue weighted by Gasteiger charge is 2.36. The van der Waals surface area contributed by atoms with E-state index in [1.54, 1.807) is 7.11 Å². The molecular weight excluding hydrogens is 354 g/mol. The topological polar surface area (TPSA) is 63.6 Å². The van der Waals surface area contributed by atoms with Crippen LogP contribution in [0.2, 0.25) is 0 Å². The number of hydrogen-bond acceptors (Lipinski definition) is 3. The molecule has 0 aliphatic carbocycles. The molecule has 6 nitrogen and oxygen atoms in total. The zero-order valence-electron chi connectivity index (χ0n) is 16.6. The Morgan fingerprint density at radius 3 is 2.54 bits per heavy atom. The summed E-state index contributed by atoms with van der Waals surface area (Å²) in [7, 11) is 1.63. The van der Waals surface area contributed by atoms with Gasteiger partial charge in [0.2, 0.25) is 0 Å². The molecule has 1 aromatic heterocycles. The van der Waals surface area contributed by atoms with Crippen molar-refractivity contribution in [3.8, 4) is 16.9 Å². The summed E-state index contributed by atoms with van der Waals surface area (Å²) >= 11 is 0. The molecule has 0 radical (unpaired) electrons. The van der Waals surface area contributed by atoms with Crippen molar-refractivity contribution in [3.05, 3.63) is 52.4 Å². The summed E-state index contributed by atoms with van der Waals surface area (Å²) in [5.74, 6) is 1.30. The number of amides is 2. The summed E-state index contributed by atoms with van der Waals surface area (Å²) in [5, 5.41) is 2.99. The van der Waals surface area contributed by atoms with Crippen LogP contribution in [0.1, 0.15) is 31.9 Å². The van der Waals surface area contributed by atoms with E-state index >= 15 is 0 Å². The summed E-state index contributed by atoms with van der Waals surface area (Å²) in [6.07, 6.45) is 1.03. The van der Waals surface area contributed by atoms with Crippen LogP contribution in [0.4, 0.5) is 4.79 Å². The van der Waals surface area contributed by atoms with Gasteiger partial charge in [0, 0.05) is 42.9 Å². The maximum Gasteiger partial charge on any atom is 0.317 e. The average molecular weight is 381 g/mol. The van der Waals surface area contributed by atoms with E-state index in [1.165, 1.54) is 0 Å². The highest BCUT2D eigenvalue weighted by molar-refractivity contribution is 5.74. The van der Waals surface area contributed by atoms with Crippen LogP contribution in [0.3, 0.4) is 0 Å². The van der Waals surface area contributed by atoms with Crippen molar-refractivity contribution >= 4 is 6.03 Å². The first-order valence-electron chi connectivity index (χ1n) is 9.90. The molecule has 28 heavy (non-hydrogen) atoms. The number of urea groups is 1. The first kappa shape index (κ1) is 18.6. The van der Waals surface area contributed by atoms with Gasteiger partial charge in [0.05, 0.1) is 7.11 Å². The molecule has 0 unspecified atom stereocenters. The van der Waals surface area contributed by atoms with Crippen molar-refractivity contribution in [1.29, 1.82) is 0 Å². The Kier molecular flexibility index (Phi) is 4.87. The Morgan fingerprint density at radius 1 is 1.11 bits per heavy atom. The van der Waals surface area contributed by atoms with Gasteiger partial charge in [-0.15, -0.1) is 0 Å². The summed E-state index contributed by atoms with van der Waals surface area (Å²) < 4.78 is 7.14. The van der Waals surface area contributed by atoms with E-state index in [4.69, 9.17) is 4.74 Å². The maximum atomic E-state index is 13.2. The number of likely N-dealkylation sites (tertiary alicyclic amines) is 1. The number of nitrogens with one attached hydrogen (secondary N) is 1. The summed E-state index contributed by atoms with van der Waals surface area (Å²) in [4.78, 5) is 27.6. The lowest BCUT2D eigenvalue weighted by atomic mass is 9.83. The molecule has 3 heterocycles. The number of fused-ring (bicyclic) bond motifs is 4. The standard InChI is InChI=1S/C22H27N3O3/c1-14(2)23-22(27)24-11-15-10-17(13-24)20-9-8-19(21(26)25(20)12-15)16-4-6-18(28-3)7-5-16/h4-9,14-15,17H,10-13H2,1-3H3,(H,23,27)/t15-,17-/m1/s1. The number of carbonyl (C=O) groups excluding carboxylic acids is 1. The molecule has 2 aromatic rings. The molecule has 2 amide bonds. The Balaban J connectivity index is 1.63. The van der Waals surface area contributed by atoms with Crippen molar-refractivity contribution in [3.63, 3.8) is 0 Å². The number of rotatable bonds is 3. The predicted octanol–water partition coefficient (Wildman–Crippen LogP) is 3.06. The molecule has 1 N–H and O–H groups in total. The van der Waals surface area contributed by atoms with Gasteiger partial charge in [0.15, 0.2) is 0 Å². The fourth-order valence-corrected chi connectivity index (χ4v) is 4.44. The van der Waals surface area contributed by atoms with E-state index in [0.717, 1.165) is 23.4 Å². The van der Waals surface area contributed by atoms with Crippen molar-refractivity contribution < 1.29 is 9.53 Å². The van der Waals surface area contributed by atoms with Crippen LogP contribution in [0, 0.1) is 5.92 Å². The number of pyridine rings is 1. The van der Waals surface area contributed by atoms with Gasteiger partial charge in [0.1, 0.15) is 5.75 Å². The molecule has 1 saturated heterocycles. The zero-order valence-corrected chi connectivity index (χ0v) is 16.6.